The largest absolute Gasteiger partial charge is 0.370 e. The summed E-state index contributed by atoms with van der Waals surface area (Å²) in [6.45, 7) is 0. The van der Waals surface area contributed by atoms with Gasteiger partial charge in [-0.05, 0) is 25.7 Å². The summed E-state index contributed by atoms with van der Waals surface area (Å²) < 4.78 is 6.47. The molecule has 19 heavy (non-hydrogen) atoms. The van der Waals surface area contributed by atoms with Crippen LogP contribution in [0.4, 0.5) is 0 Å². The molecule has 2 aliphatic heterocycles. The Balaban J connectivity index is 0.000000179. The first-order valence-corrected chi connectivity index (χ1v) is 9.02. The summed E-state index contributed by atoms with van der Waals surface area (Å²) in [7, 11) is 0. The molecule has 6 heteroatoms. The van der Waals surface area contributed by atoms with Crippen LogP contribution in [0.1, 0.15) is 51.4 Å². The van der Waals surface area contributed by atoms with E-state index >= 15 is 0 Å². The van der Waals surface area contributed by atoms with Gasteiger partial charge in [-0.1, -0.05) is 37.9 Å². The van der Waals surface area contributed by atoms with Gasteiger partial charge in [-0.3, -0.25) is 0 Å². The number of epoxide rings is 1. The molecule has 2 saturated carbocycles. The molecule has 0 aromatic carbocycles. The van der Waals surface area contributed by atoms with E-state index in [1.54, 1.807) is 0 Å². The molecule has 4 fully saturated rings. The number of fused-ring (bicyclic) bond motifs is 2. The van der Waals surface area contributed by atoms with E-state index in [1.807, 2.05) is 23.5 Å². The lowest BCUT2D eigenvalue weighted by Crippen LogP contribution is -2.19. The maximum absolute atomic E-state index is 5.28. The molecule has 2 aliphatic carbocycles. The Morgan fingerprint density at radius 1 is 0.789 bits per heavy atom. The van der Waals surface area contributed by atoms with Crippen molar-refractivity contribution in [3.63, 3.8) is 0 Å². The number of ether oxygens (including phenoxy) is 1. The average molecular weight is 357 g/mol. The number of hydrogen-bond donors (Lipinski definition) is 0. The van der Waals surface area contributed by atoms with Crippen molar-refractivity contribution in [3.8, 4) is 0 Å². The van der Waals surface area contributed by atoms with Crippen molar-refractivity contribution in [1.29, 1.82) is 0 Å². The zero-order valence-corrected chi connectivity index (χ0v) is 15.5. The van der Waals surface area contributed by atoms with E-state index in [-0.39, 0.29) is 27.0 Å². The van der Waals surface area contributed by atoms with Gasteiger partial charge in [-0.15, -0.1) is 23.5 Å². The van der Waals surface area contributed by atoms with Crippen molar-refractivity contribution in [2.45, 2.75) is 74.1 Å². The number of thioether (sulfide) groups is 2. The Hall–Kier alpha value is 1.45. The summed E-state index contributed by atoms with van der Waals surface area (Å²) in [5.41, 5.74) is 0. The summed E-state index contributed by atoms with van der Waals surface area (Å²) in [5, 5.41) is 1.76. The molecule has 4 atom stereocenters. The second kappa shape index (κ2) is 8.79. The molecule has 0 N–H and O–H groups in total. The Kier molecular flexibility index (Phi) is 8.55. The van der Waals surface area contributed by atoms with Crippen LogP contribution < -0.4 is 0 Å². The first-order chi connectivity index (χ1) is 8.33. The lowest BCUT2D eigenvalue weighted by atomic mass is 10.00. The third-order valence-corrected chi connectivity index (χ3v) is 7.50. The second-order valence-corrected chi connectivity index (χ2v) is 9.03. The molecular formula is C13H24OS5. The number of hydrogen-bond acceptors (Lipinski definition) is 4. The van der Waals surface area contributed by atoms with Gasteiger partial charge < -0.3 is 4.74 Å². The highest BCUT2D eigenvalue weighted by atomic mass is 32.2. The minimum Gasteiger partial charge on any atom is -0.370 e. The van der Waals surface area contributed by atoms with Crippen LogP contribution in [-0.4, -0.2) is 26.2 Å². The second-order valence-electron chi connectivity index (χ2n) is 5.34. The van der Waals surface area contributed by atoms with Gasteiger partial charge in [0.1, 0.15) is 3.53 Å². The Bertz CT molecular complexity index is 273. The highest BCUT2D eigenvalue weighted by Gasteiger charge is 2.39. The van der Waals surface area contributed by atoms with E-state index in [9.17, 15) is 0 Å². The molecule has 0 aromatic heterocycles. The van der Waals surface area contributed by atoms with E-state index in [1.165, 1.54) is 54.9 Å². The molecule has 0 spiro atoms. The van der Waals surface area contributed by atoms with E-state index in [2.05, 4.69) is 0 Å². The van der Waals surface area contributed by atoms with E-state index in [4.69, 9.17) is 17.0 Å². The Morgan fingerprint density at radius 3 is 1.63 bits per heavy atom. The maximum atomic E-state index is 5.28. The van der Waals surface area contributed by atoms with Crippen LogP contribution in [0.2, 0.25) is 0 Å². The van der Waals surface area contributed by atoms with Crippen molar-refractivity contribution in [3.05, 3.63) is 0 Å². The van der Waals surface area contributed by atoms with Crippen molar-refractivity contribution < 1.29 is 4.74 Å². The number of thiocarbonyl (C=S) groups is 1. The normalized spacial score (nSPS) is 38.6. The van der Waals surface area contributed by atoms with Crippen LogP contribution in [0.5, 0.6) is 0 Å². The lowest BCUT2D eigenvalue weighted by Gasteiger charge is -2.21. The molecule has 0 bridgehead atoms. The molecule has 4 rings (SSSR count). The van der Waals surface area contributed by atoms with Gasteiger partial charge in [-0.25, -0.2) is 0 Å². The lowest BCUT2D eigenvalue weighted by molar-refractivity contribution is 0.373. The van der Waals surface area contributed by atoms with Crippen LogP contribution >= 0.6 is 62.7 Å². The zero-order valence-electron chi connectivity index (χ0n) is 11.1. The average Bonchev–Trinajstić information content (AvgIpc) is 3.03. The summed E-state index contributed by atoms with van der Waals surface area (Å²) in [4.78, 5) is 0. The van der Waals surface area contributed by atoms with Gasteiger partial charge in [0.15, 0.2) is 0 Å². The first kappa shape index (κ1) is 18.5. The fourth-order valence-electron chi connectivity index (χ4n) is 2.99. The van der Waals surface area contributed by atoms with E-state index in [0.717, 1.165) is 10.5 Å². The molecule has 0 amide bonds. The van der Waals surface area contributed by atoms with Crippen LogP contribution in [0.3, 0.4) is 0 Å². The first-order valence-electron chi connectivity index (χ1n) is 6.85. The molecule has 0 radical (unpaired) electrons. The van der Waals surface area contributed by atoms with Crippen LogP contribution in [0.25, 0.3) is 0 Å². The number of rotatable bonds is 0. The monoisotopic (exact) mass is 356 g/mol. The van der Waals surface area contributed by atoms with Gasteiger partial charge in [0, 0.05) is 10.5 Å². The fourth-order valence-corrected chi connectivity index (χ4v) is 6.66. The minimum atomic E-state index is 0. The van der Waals surface area contributed by atoms with Crippen molar-refractivity contribution in [2.24, 2.45) is 0 Å². The molecule has 4 unspecified atom stereocenters. The highest BCUT2D eigenvalue weighted by Crippen LogP contribution is 2.46. The van der Waals surface area contributed by atoms with Crippen molar-refractivity contribution in [1.82, 2.24) is 0 Å². The minimum absolute atomic E-state index is 0. The molecule has 2 saturated heterocycles. The van der Waals surface area contributed by atoms with Crippen molar-refractivity contribution >= 4 is 66.3 Å². The zero-order chi connectivity index (χ0) is 11.7. The predicted octanol–water partition coefficient (Wildman–Crippen LogP) is 4.62. The molecular weight excluding hydrogens is 332 g/mol. The smallest absolute Gasteiger partial charge is 0.104 e. The molecule has 1 nitrogen and oxygen atoms in total. The van der Waals surface area contributed by atoms with E-state index in [0.29, 0.717) is 12.2 Å². The van der Waals surface area contributed by atoms with E-state index < -0.39 is 0 Å². The summed E-state index contributed by atoms with van der Waals surface area (Å²) in [5.74, 6) is 0. The van der Waals surface area contributed by atoms with Crippen LogP contribution in [-0.2, 0) is 4.74 Å². The fraction of sp³-hybridized carbons (Fsp3) is 0.923. The molecule has 2 heterocycles. The summed E-state index contributed by atoms with van der Waals surface area (Å²) in [6, 6.07) is 0. The van der Waals surface area contributed by atoms with Crippen LogP contribution in [0, 0.1) is 0 Å². The summed E-state index contributed by atoms with van der Waals surface area (Å²) in [6.07, 6.45) is 12.6. The van der Waals surface area contributed by atoms with Gasteiger partial charge in [0.2, 0.25) is 0 Å². The molecule has 4 aliphatic rings. The van der Waals surface area contributed by atoms with Gasteiger partial charge in [0.05, 0.1) is 12.2 Å². The highest BCUT2D eigenvalue weighted by molar-refractivity contribution is 8.49. The topological polar surface area (TPSA) is 12.5 Å². The predicted molar refractivity (Wildman–Crippen MR) is 102 cm³/mol. The van der Waals surface area contributed by atoms with Gasteiger partial charge in [0.25, 0.3) is 0 Å². The van der Waals surface area contributed by atoms with Gasteiger partial charge in [-0.2, -0.15) is 27.0 Å². The Morgan fingerprint density at radius 2 is 1.21 bits per heavy atom. The van der Waals surface area contributed by atoms with Crippen molar-refractivity contribution in [2.75, 3.05) is 0 Å². The Labute approximate surface area is 144 Å². The van der Waals surface area contributed by atoms with Gasteiger partial charge >= 0.3 is 0 Å². The van der Waals surface area contributed by atoms with Crippen LogP contribution in [0.15, 0.2) is 0 Å². The third kappa shape index (κ3) is 5.29. The third-order valence-electron chi connectivity index (χ3n) is 4.05. The molecule has 0 aromatic rings. The summed E-state index contributed by atoms with van der Waals surface area (Å²) >= 11 is 9.05. The maximum Gasteiger partial charge on any atom is 0.104 e. The molecule has 112 valence electrons. The SMILES string of the molecule is C1CCC2OC2C1.S.S.S=C1SC2CCCCC2S1. The standard InChI is InChI=1S/C7H10S3.C6H10O.2H2S/c8-7-9-5-3-1-2-4-6(5)10-7;1-2-4-6-5(3-1)7-6;;/h5-6H,1-4H2;5-6H,1-4H2;2*1H2. The quantitative estimate of drug-likeness (QED) is 0.464.